The van der Waals surface area contributed by atoms with Crippen molar-refractivity contribution in [2.24, 2.45) is 0 Å². The van der Waals surface area contributed by atoms with Crippen molar-refractivity contribution in [3.63, 3.8) is 0 Å². The fourth-order valence-electron chi connectivity index (χ4n) is 3.43. The number of amides is 1. The second-order valence-electron chi connectivity index (χ2n) is 6.88. The van der Waals surface area contributed by atoms with Crippen molar-refractivity contribution >= 4 is 5.91 Å². The van der Waals surface area contributed by atoms with E-state index >= 15 is 0 Å². The minimum atomic E-state index is 0.217. The van der Waals surface area contributed by atoms with Crippen LogP contribution in [0.15, 0.2) is 30.3 Å². The highest BCUT2D eigenvalue weighted by molar-refractivity contribution is 5.79. The first-order valence-corrected chi connectivity index (χ1v) is 8.54. The van der Waals surface area contributed by atoms with Gasteiger partial charge in [0.1, 0.15) is 0 Å². The molecule has 1 aromatic heterocycles. The first-order valence-electron chi connectivity index (χ1n) is 8.54. The number of aromatic nitrogens is 2. The summed E-state index contributed by atoms with van der Waals surface area (Å²) >= 11 is 0. The van der Waals surface area contributed by atoms with Crippen LogP contribution in [0.2, 0.25) is 0 Å². The SMILES string of the molecule is Cc1cc(C)n(-c2ccc(CC(=O)N3CCN(C)C[C@@H]3C)cc2)n1. The van der Waals surface area contributed by atoms with Crippen molar-refractivity contribution in [3.05, 3.63) is 47.3 Å². The topological polar surface area (TPSA) is 41.4 Å². The Labute approximate surface area is 143 Å². The number of hydrogen-bond donors (Lipinski definition) is 0. The van der Waals surface area contributed by atoms with Crippen molar-refractivity contribution in [2.75, 3.05) is 26.7 Å². The summed E-state index contributed by atoms with van der Waals surface area (Å²) in [5.74, 6) is 0.217. The van der Waals surface area contributed by atoms with Gasteiger partial charge in [-0.3, -0.25) is 4.79 Å². The van der Waals surface area contributed by atoms with Crippen molar-refractivity contribution in [1.82, 2.24) is 19.6 Å². The largest absolute Gasteiger partial charge is 0.337 e. The fourth-order valence-corrected chi connectivity index (χ4v) is 3.43. The second kappa shape index (κ2) is 6.77. The van der Waals surface area contributed by atoms with E-state index in [1.165, 1.54) is 0 Å². The van der Waals surface area contributed by atoms with Crippen LogP contribution < -0.4 is 0 Å². The molecule has 24 heavy (non-hydrogen) atoms. The predicted molar refractivity (Wildman–Crippen MR) is 95.4 cm³/mol. The van der Waals surface area contributed by atoms with Crippen LogP contribution in [0.5, 0.6) is 0 Å². The minimum Gasteiger partial charge on any atom is -0.337 e. The average Bonchev–Trinajstić information content (AvgIpc) is 2.86. The molecule has 0 bridgehead atoms. The second-order valence-corrected chi connectivity index (χ2v) is 6.88. The van der Waals surface area contributed by atoms with E-state index in [0.29, 0.717) is 6.42 Å². The Morgan fingerprint density at radius 1 is 1.21 bits per heavy atom. The van der Waals surface area contributed by atoms with E-state index in [1.54, 1.807) is 0 Å². The Morgan fingerprint density at radius 2 is 1.92 bits per heavy atom. The van der Waals surface area contributed by atoms with Gasteiger partial charge < -0.3 is 9.80 Å². The molecule has 0 radical (unpaired) electrons. The Balaban J connectivity index is 1.68. The zero-order valence-electron chi connectivity index (χ0n) is 15.0. The first-order chi connectivity index (χ1) is 11.4. The Morgan fingerprint density at radius 3 is 2.50 bits per heavy atom. The number of likely N-dealkylation sites (N-methyl/N-ethyl adjacent to an activating group) is 1. The maximum absolute atomic E-state index is 12.6. The molecule has 0 unspecified atom stereocenters. The van der Waals surface area contributed by atoms with Crippen LogP contribution >= 0.6 is 0 Å². The van der Waals surface area contributed by atoms with Crippen molar-refractivity contribution < 1.29 is 4.79 Å². The summed E-state index contributed by atoms with van der Waals surface area (Å²) in [7, 11) is 2.11. The van der Waals surface area contributed by atoms with Crippen LogP contribution in [0.3, 0.4) is 0 Å². The lowest BCUT2D eigenvalue weighted by Crippen LogP contribution is -2.53. The van der Waals surface area contributed by atoms with Gasteiger partial charge in [0.25, 0.3) is 0 Å². The summed E-state index contributed by atoms with van der Waals surface area (Å²) in [6.07, 6.45) is 0.464. The lowest BCUT2D eigenvalue weighted by atomic mass is 10.1. The molecule has 1 aliphatic heterocycles. The van der Waals surface area contributed by atoms with Gasteiger partial charge >= 0.3 is 0 Å². The van der Waals surface area contributed by atoms with E-state index < -0.39 is 0 Å². The molecule has 1 saturated heterocycles. The molecule has 0 N–H and O–H groups in total. The number of carbonyl (C=O) groups excluding carboxylic acids is 1. The Hall–Kier alpha value is -2.14. The molecule has 5 nitrogen and oxygen atoms in total. The molecular formula is C19H26N4O. The van der Waals surface area contributed by atoms with Gasteiger partial charge in [-0.15, -0.1) is 0 Å². The molecule has 1 atom stereocenters. The van der Waals surface area contributed by atoms with E-state index in [2.05, 4.69) is 30.0 Å². The standard InChI is InChI=1S/C19H26N4O/c1-14-11-15(2)23(20-14)18-7-5-17(6-8-18)12-19(24)22-10-9-21(4)13-16(22)3/h5-8,11,16H,9-10,12-13H2,1-4H3/t16-/m0/s1. The maximum atomic E-state index is 12.6. The van der Waals surface area contributed by atoms with Crippen LogP contribution in [0.25, 0.3) is 5.69 Å². The van der Waals surface area contributed by atoms with Gasteiger partial charge in [0.2, 0.25) is 5.91 Å². The van der Waals surface area contributed by atoms with Gasteiger partial charge in [-0.25, -0.2) is 4.68 Å². The molecule has 3 rings (SSSR count). The van der Waals surface area contributed by atoms with E-state index in [-0.39, 0.29) is 11.9 Å². The van der Waals surface area contributed by atoms with Gasteiger partial charge in [-0.1, -0.05) is 12.1 Å². The number of carbonyl (C=O) groups is 1. The smallest absolute Gasteiger partial charge is 0.227 e. The van der Waals surface area contributed by atoms with E-state index in [9.17, 15) is 4.79 Å². The molecule has 1 amide bonds. The minimum absolute atomic E-state index is 0.217. The number of hydrogen-bond acceptors (Lipinski definition) is 3. The molecule has 2 heterocycles. The van der Waals surface area contributed by atoms with E-state index in [1.807, 2.05) is 47.7 Å². The zero-order chi connectivity index (χ0) is 17.3. The summed E-state index contributed by atoms with van der Waals surface area (Å²) in [6.45, 7) is 8.88. The molecule has 1 aliphatic rings. The summed E-state index contributed by atoms with van der Waals surface area (Å²) in [5.41, 5.74) is 4.21. The highest BCUT2D eigenvalue weighted by Crippen LogP contribution is 2.15. The van der Waals surface area contributed by atoms with Crippen LogP contribution in [0, 0.1) is 13.8 Å². The van der Waals surface area contributed by atoms with Gasteiger partial charge in [-0.05, 0) is 51.6 Å². The molecule has 1 fully saturated rings. The monoisotopic (exact) mass is 326 g/mol. The molecule has 0 spiro atoms. The Kier molecular flexibility index (Phi) is 4.71. The van der Waals surface area contributed by atoms with Gasteiger partial charge in [0.05, 0.1) is 17.8 Å². The predicted octanol–water partition coefficient (Wildman–Crippen LogP) is 2.19. The molecular weight excluding hydrogens is 300 g/mol. The van der Waals surface area contributed by atoms with Crippen LogP contribution in [-0.2, 0) is 11.2 Å². The number of rotatable bonds is 3. The lowest BCUT2D eigenvalue weighted by molar-refractivity contribution is -0.134. The molecule has 1 aromatic carbocycles. The summed E-state index contributed by atoms with van der Waals surface area (Å²) in [4.78, 5) is 16.9. The number of piperazine rings is 1. The summed E-state index contributed by atoms with van der Waals surface area (Å²) in [5, 5.41) is 4.50. The number of aryl methyl sites for hydroxylation is 2. The van der Waals surface area contributed by atoms with Gasteiger partial charge in [0, 0.05) is 31.4 Å². The van der Waals surface area contributed by atoms with Crippen LogP contribution in [-0.4, -0.2) is 58.2 Å². The molecule has 128 valence electrons. The van der Waals surface area contributed by atoms with Crippen LogP contribution in [0.1, 0.15) is 23.9 Å². The van der Waals surface area contributed by atoms with E-state index in [0.717, 1.165) is 42.3 Å². The lowest BCUT2D eigenvalue weighted by Gasteiger charge is -2.38. The number of benzene rings is 1. The highest BCUT2D eigenvalue weighted by atomic mass is 16.2. The third-order valence-electron chi connectivity index (χ3n) is 4.70. The highest BCUT2D eigenvalue weighted by Gasteiger charge is 2.25. The van der Waals surface area contributed by atoms with Crippen molar-refractivity contribution in [2.45, 2.75) is 33.2 Å². The molecule has 5 heteroatoms. The molecule has 0 aliphatic carbocycles. The molecule has 2 aromatic rings. The summed E-state index contributed by atoms with van der Waals surface area (Å²) < 4.78 is 1.93. The normalized spacial score (nSPS) is 18.8. The van der Waals surface area contributed by atoms with E-state index in [4.69, 9.17) is 0 Å². The zero-order valence-corrected chi connectivity index (χ0v) is 15.0. The maximum Gasteiger partial charge on any atom is 0.227 e. The van der Waals surface area contributed by atoms with Crippen molar-refractivity contribution in [1.29, 1.82) is 0 Å². The average molecular weight is 326 g/mol. The quantitative estimate of drug-likeness (QED) is 0.868. The summed E-state index contributed by atoms with van der Waals surface area (Å²) in [6, 6.07) is 10.5. The van der Waals surface area contributed by atoms with Gasteiger partial charge in [-0.2, -0.15) is 5.10 Å². The van der Waals surface area contributed by atoms with Crippen LogP contribution in [0.4, 0.5) is 0 Å². The Bertz CT molecular complexity index is 719. The number of nitrogens with zero attached hydrogens (tertiary/aromatic N) is 4. The fraction of sp³-hybridized carbons (Fsp3) is 0.474. The molecule has 0 saturated carbocycles. The third-order valence-corrected chi connectivity index (χ3v) is 4.70. The first kappa shape index (κ1) is 16.7. The van der Waals surface area contributed by atoms with Gasteiger partial charge in [0.15, 0.2) is 0 Å². The third kappa shape index (κ3) is 3.51. The van der Waals surface area contributed by atoms with Crippen molar-refractivity contribution in [3.8, 4) is 5.69 Å².